The van der Waals surface area contributed by atoms with E-state index in [-0.39, 0.29) is 63.0 Å². The molecule has 0 aliphatic heterocycles. The molecule has 3 aromatic heterocycles. The Bertz CT molecular complexity index is 2750. The molecule has 0 fully saturated rings. The van der Waals surface area contributed by atoms with Gasteiger partial charge < -0.3 is 24.7 Å². The Balaban J connectivity index is 0.000000188. The molecule has 332 valence electrons. The highest BCUT2D eigenvalue weighted by Crippen LogP contribution is 2.38. The van der Waals surface area contributed by atoms with E-state index in [0.717, 1.165) is 0 Å². The van der Waals surface area contributed by atoms with Crippen LogP contribution in [0.15, 0.2) is 72.8 Å². The first-order chi connectivity index (χ1) is 30.6. The third-order valence-corrected chi connectivity index (χ3v) is 8.04. The minimum atomic E-state index is -0.759. The number of benzene rings is 4. The average Bonchev–Trinajstić information content (AvgIpc) is 4.09. The first-order valence-electron chi connectivity index (χ1n) is 17.4. The molecule has 7 aromatic rings. The zero-order valence-corrected chi connectivity index (χ0v) is 34.0. The van der Waals surface area contributed by atoms with E-state index in [1.807, 2.05) is 0 Å². The number of nitrogens with zero attached hydrogens (tertiary/aromatic N) is 15. The number of aromatic nitrogens is 12. The van der Waals surface area contributed by atoms with E-state index >= 15 is 0 Å². The summed E-state index contributed by atoms with van der Waals surface area (Å²) in [5, 5.41) is 78.5. The molecule has 64 heavy (non-hydrogen) atoms. The lowest BCUT2D eigenvalue weighted by Gasteiger charge is -2.06. The van der Waals surface area contributed by atoms with Crippen molar-refractivity contribution >= 4 is 28.7 Å². The van der Waals surface area contributed by atoms with E-state index in [0.29, 0.717) is 22.5 Å². The molecule has 0 saturated heterocycles. The predicted molar refractivity (Wildman–Crippen MR) is 216 cm³/mol. The fraction of sp³-hybridized carbons (Fsp3) is 0.176. The van der Waals surface area contributed by atoms with E-state index in [2.05, 4.69) is 51.6 Å². The van der Waals surface area contributed by atoms with Gasteiger partial charge in [-0.2, -0.15) is 10.0 Å². The Morgan fingerprint density at radius 3 is 1.41 bits per heavy atom. The number of amides is 1. The van der Waals surface area contributed by atoms with Crippen molar-refractivity contribution in [3.05, 3.63) is 119 Å². The number of tetrazole rings is 3. The molecule has 0 radical (unpaired) electrons. The lowest BCUT2D eigenvalue weighted by Crippen LogP contribution is -2.13. The van der Waals surface area contributed by atoms with E-state index in [4.69, 9.17) is 24.7 Å². The minimum absolute atomic E-state index is 0.00157. The highest BCUT2D eigenvalue weighted by molar-refractivity contribution is 5.97. The molecule has 0 aliphatic carbocycles. The Hall–Kier alpha value is -9.64. The Morgan fingerprint density at radius 2 is 1.03 bits per heavy atom. The van der Waals surface area contributed by atoms with Crippen molar-refractivity contribution in [3.63, 3.8) is 0 Å². The van der Waals surface area contributed by atoms with Crippen LogP contribution in [0.25, 0.3) is 34.2 Å². The minimum Gasteiger partial charge on any atom is -0.490 e. The summed E-state index contributed by atoms with van der Waals surface area (Å²) in [7, 11) is 8.59. The third-order valence-electron chi connectivity index (χ3n) is 8.04. The number of nitrogens with two attached hydrogens (primary N) is 1. The Kier molecular flexibility index (Phi) is 15.9. The zero-order valence-electron chi connectivity index (χ0n) is 34.0. The van der Waals surface area contributed by atoms with Gasteiger partial charge >= 0.3 is 22.7 Å². The molecule has 30 nitrogen and oxygen atoms in total. The second kappa shape index (κ2) is 21.6. The molecule has 0 unspecified atom stereocenters. The van der Waals surface area contributed by atoms with E-state index in [1.165, 1.54) is 80.4 Å². The molecule has 7 rings (SSSR count). The number of nitro benzene ring substituents is 4. The molecule has 3 N–H and O–H groups in total. The molecule has 0 atom stereocenters. The van der Waals surface area contributed by atoms with E-state index < -0.39 is 25.6 Å². The van der Waals surface area contributed by atoms with Gasteiger partial charge in [-0.05, 0) is 45.1 Å². The summed E-state index contributed by atoms with van der Waals surface area (Å²) in [6, 6.07) is 17.6. The molecule has 1 amide bonds. The molecule has 0 saturated carbocycles. The van der Waals surface area contributed by atoms with Gasteiger partial charge in [0.2, 0.25) is 34.6 Å². The number of primary amides is 1. The second-order valence-electron chi connectivity index (χ2n) is 11.8. The normalized spacial score (nSPS) is 10.0. The van der Waals surface area contributed by atoms with Crippen LogP contribution in [0.4, 0.5) is 22.7 Å². The summed E-state index contributed by atoms with van der Waals surface area (Å²) in [6.07, 6.45) is 0. The molecule has 0 bridgehead atoms. The number of rotatable bonds is 12. The smallest absolute Gasteiger partial charge is 0.311 e. The number of carbonyl (C=O) groups excluding carboxylic acids is 1. The first kappa shape index (κ1) is 47.0. The number of hydrogen-bond acceptors (Lipinski definition) is 22. The maximum absolute atomic E-state index is 10.9. The average molecular weight is 888 g/mol. The lowest BCUT2D eigenvalue weighted by molar-refractivity contribution is -0.385. The van der Waals surface area contributed by atoms with Crippen molar-refractivity contribution in [2.24, 2.45) is 19.8 Å². The maximum Gasteiger partial charge on any atom is 0.311 e. The number of nitrogens with one attached hydrogen (secondary N) is 1. The van der Waals surface area contributed by atoms with Crippen molar-refractivity contribution in [1.82, 2.24) is 61.0 Å². The van der Waals surface area contributed by atoms with Gasteiger partial charge in [0.05, 0.1) is 77.4 Å². The third kappa shape index (κ3) is 10.9. The number of nitro groups is 4. The predicted octanol–water partition coefficient (Wildman–Crippen LogP) is 3.07. The van der Waals surface area contributed by atoms with Crippen LogP contribution >= 0.6 is 0 Å². The van der Waals surface area contributed by atoms with Gasteiger partial charge in [0.15, 0.2) is 5.82 Å². The van der Waals surface area contributed by atoms with Crippen LogP contribution in [0.3, 0.4) is 0 Å². The molecule has 30 heteroatoms. The molecule has 3 heterocycles. The van der Waals surface area contributed by atoms with Gasteiger partial charge in [-0.15, -0.1) is 25.5 Å². The van der Waals surface area contributed by atoms with Gasteiger partial charge in [-0.3, -0.25) is 45.3 Å². The van der Waals surface area contributed by atoms with Crippen LogP contribution in [0.5, 0.6) is 23.0 Å². The van der Waals surface area contributed by atoms with E-state index in [1.54, 1.807) is 44.4 Å². The van der Waals surface area contributed by atoms with Crippen LogP contribution < -0.4 is 24.7 Å². The fourth-order valence-electron chi connectivity index (χ4n) is 5.38. The number of aromatic amines is 1. The summed E-state index contributed by atoms with van der Waals surface area (Å²) >= 11 is 0. The quantitative estimate of drug-likeness (QED) is 0.131. The molecular weight excluding hydrogens is 854 g/mol. The summed E-state index contributed by atoms with van der Waals surface area (Å²) in [4.78, 5) is 52.9. The monoisotopic (exact) mass is 887 g/mol. The van der Waals surface area contributed by atoms with Gasteiger partial charge in [0.1, 0.15) is 0 Å². The van der Waals surface area contributed by atoms with Gasteiger partial charge in [-0.1, -0.05) is 24.3 Å². The molecule has 0 aliphatic rings. The maximum atomic E-state index is 10.9. The van der Waals surface area contributed by atoms with Crippen molar-refractivity contribution in [2.45, 2.75) is 0 Å². The number of aryl methyl sites for hydroxylation is 2. The van der Waals surface area contributed by atoms with Crippen molar-refractivity contribution in [2.75, 3.05) is 28.4 Å². The topological polar surface area (TPSA) is 394 Å². The molecular formula is C34H33N17O13. The van der Waals surface area contributed by atoms with E-state index in [9.17, 15) is 45.3 Å². The highest BCUT2D eigenvalue weighted by atomic mass is 16.6. The van der Waals surface area contributed by atoms with Gasteiger partial charge in [0, 0.05) is 31.3 Å². The number of carbonyl (C=O) groups is 1. The lowest BCUT2D eigenvalue weighted by atomic mass is 10.1. The molecule has 4 aromatic carbocycles. The van der Waals surface area contributed by atoms with Gasteiger partial charge in [0.25, 0.3) is 5.91 Å². The number of ether oxygens (including phenoxy) is 4. The first-order valence-corrected chi connectivity index (χ1v) is 17.4. The van der Waals surface area contributed by atoms with Crippen molar-refractivity contribution in [3.8, 4) is 57.2 Å². The van der Waals surface area contributed by atoms with Gasteiger partial charge in [-0.25, -0.2) is 4.68 Å². The fourth-order valence-corrected chi connectivity index (χ4v) is 5.38. The number of H-pyrrole nitrogens is 1. The van der Waals surface area contributed by atoms with Crippen LogP contribution in [0.2, 0.25) is 0 Å². The number of para-hydroxylation sites is 4. The summed E-state index contributed by atoms with van der Waals surface area (Å²) in [5.41, 5.74) is 5.71. The molecule has 0 spiro atoms. The zero-order chi connectivity index (χ0) is 47.1. The van der Waals surface area contributed by atoms with Crippen molar-refractivity contribution in [1.29, 1.82) is 0 Å². The van der Waals surface area contributed by atoms with Crippen LogP contribution in [0.1, 0.15) is 10.4 Å². The summed E-state index contributed by atoms with van der Waals surface area (Å²) < 4.78 is 21.3. The second-order valence-corrected chi connectivity index (χ2v) is 11.8. The van der Waals surface area contributed by atoms with Crippen molar-refractivity contribution < 1.29 is 43.4 Å². The summed E-state index contributed by atoms with van der Waals surface area (Å²) in [5.74, 6) is 0.476. The van der Waals surface area contributed by atoms with Crippen LogP contribution in [0, 0.1) is 40.5 Å². The Labute approximate surface area is 357 Å². The van der Waals surface area contributed by atoms with Crippen LogP contribution in [-0.4, -0.2) is 115 Å². The summed E-state index contributed by atoms with van der Waals surface area (Å²) in [6.45, 7) is 0. The number of methoxy groups -OCH3 is 4. The highest BCUT2D eigenvalue weighted by Gasteiger charge is 2.24. The largest absolute Gasteiger partial charge is 0.490 e. The standard InChI is InChI=1S/2C9H9N5O3.C8H7N5O3.C8H8N2O4/c1-13-9(10-11-12-13)6-4-3-5-7(14(15)16)8(6)17-2;1-13-11-9(10-12-13)6-4-3-5-7(14(15)16)8(6)17-2;1-16-7-5(8-9-11-12-10-8)3-2-4-6(7)13(14)15;1-14-7-5(8(9)11)3-2-4-6(7)10(12)13/h2*3-5H,1-2H3;2-4H,1H3,(H,9,10,11,12);2-4H,1H3,(H2,9,11). The number of hydrogen-bond donors (Lipinski definition) is 2. The SMILES string of the molecule is COc1c(-c2nn[nH]n2)cccc1[N+](=O)[O-].COc1c(-c2nnn(C)n2)cccc1[N+](=O)[O-].COc1c(-c2nnnn2C)cccc1[N+](=O)[O-].COc1c(C(N)=O)cccc1[N+](=O)[O-]. The Morgan fingerprint density at radius 1 is 0.594 bits per heavy atom. The van der Waals surface area contributed by atoms with Crippen LogP contribution in [-0.2, 0) is 14.1 Å².